The molecule has 2 aromatic rings. The molecule has 1 atom stereocenters. The lowest BCUT2D eigenvalue weighted by atomic mass is 10.0. The van der Waals surface area contributed by atoms with Gasteiger partial charge in [0.25, 0.3) is 0 Å². The van der Waals surface area contributed by atoms with Crippen LogP contribution in [0.25, 0.3) is 0 Å². The monoisotopic (exact) mass is 258 g/mol. The summed E-state index contributed by atoms with van der Waals surface area (Å²) in [4.78, 5) is 5.83. The summed E-state index contributed by atoms with van der Waals surface area (Å²) in [6.45, 7) is 4.12. The maximum atomic E-state index is 6.05. The lowest BCUT2D eigenvalue weighted by Crippen LogP contribution is -2.11. The molecule has 0 aliphatic heterocycles. The third-order valence-corrected chi connectivity index (χ3v) is 3.85. The topological polar surface area (TPSA) is 38.9 Å². The van der Waals surface area contributed by atoms with Gasteiger partial charge >= 0.3 is 0 Å². The molecule has 0 fully saturated rings. The summed E-state index contributed by atoms with van der Waals surface area (Å²) >= 11 is 1.68. The summed E-state index contributed by atoms with van der Waals surface area (Å²) in [6.07, 6.45) is 0.938. The lowest BCUT2D eigenvalue weighted by molar-refractivity contribution is 0.686. The van der Waals surface area contributed by atoms with Crippen LogP contribution >= 0.6 is 11.8 Å². The summed E-state index contributed by atoms with van der Waals surface area (Å²) in [6, 6.07) is 14.5. The Morgan fingerprint density at radius 1 is 1.17 bits per heavy atom. The number of nitrogens with two attached hydrogens (primary N) is 1. The largest absolute Gasteiger partial charge is 0.324 e. The molecular weight excluding hydrogens is 240 g/mol. The Morgan fingerprint density at radius 3 is 2.50 bits per heavy atom. The van der Waals surface area contributed by atoms with Gasteiger partial charge in [0.2, 0.25) is 0 Å². The Bertz CT molecular complexity index is 511. The van der Waals surface area contributed by atoms with Crippen LogP contribution in [0.3, 0.4) is 0 Å². The predicted octanol–water partition coefficient (Wildman–Crippen LogP) is 3.95. The number of hydrogen-bond acceptors (Lipinski definition) is 3. The van der Waals surface area contributed by atoms with Crippen molar-refractivity contribution in [3.8, 4) is 0 Å². The first-order chi connectivity index (χ1) is 8.70. The highest BCUT2D eigenvalue weighted by Crippen LogP contribution is 2.27. The molecule has 1 aromatic heterocycles. The predicted molar refractivity (Wildman–Crippen MR) is 76.8 cm³/mol. The van der Waals surface area contributed by atoms with E-state index in [4.69, 9.17) is 5.73 Å². The molecule has 0 saturated heterocycles. The summed E-state index contributed by atoms with van der Waals surface area (Å²) in [5.74, 6) is 0. The molecule has 2 rings (SSSR count). The van der Waals surface area contributed by atoms with E-state index in [-0.39, 0.29) is 6.04 Å². The second kappa shape index (κ2) is 6.03. The molecule has 2 N–H and O–H groups in total. The van der Waals surface area contributed by atoms with Gasteiger partial charge in [0, 0.05) is 16.6 Å². The fourth-order valence-corrected chi connectivity index (χ4v) is 2.68. The maximum Gasteiger partial charge on any atom is 0.101 e. The average molecular weight is 258 g/mol. The third kappa shape index (κ3) is 3.12. The van der Waals surface area contributed by atoms with E-state index < -0.39 is 0 Å². The second-order valence-corrected chi connectivity index (χ2v) is 5.35. The van der Waals surface area contributed by atoms with Crippen LogP contribution in [-0.4, -0.2) is 4.98 Å². The SMILES string of the molecule is CCC(N)c1ccc(Sc2ccccc2)nc1C. The molecule has 0 aliphatic rings. The molecule has 18 heavy (non-hydrogen) atoms. The first kappa shape index (κ1) is 13.1. The number of benzene rings is 1. The zero-order chi connectivity index (χ0) is 13.0. The van der Waals surface area contributed by atoms with Crippen molar-refractivity contribution in [1.29, 1.82) is 0 Å². The fraction of sp³-hybridized carbons (Fsp3) is 0.267. The standard InChI is InChI=1S/C15H18N2S/c1-3-14(16)13-9-10-15(17-11(13)2)18-12-7-5-4-6-8-12/h4-10,14H,3,16H2,1-2H3. The van der Waals surface area contributed by atoms with Crippen molar-refractivity contribution in [1.82, 2.24) is 4.98 Å². The van der Waals surface area contributed by atoms with Crippen LogP contribution < -0.4 is 5.73 Å². The Hall–Kier alpha value is -1.32. The van der Waals surface area contributed by atoms with Crippen LogP contribution in [-0.2, 0) is 0 Å². The number of rotatable bonds is 4. The van der Waals surface area contributed by atoms with E-state index in [1.807, 2.05) is 25.1 Å². The van der Waals surface area contributed by atoms with Gasteiger partial charge in [-0.3, -0.25) is 0 Å². The Labute approximate surface area is 113 Å². The summed E-state index contributed by atoms with van der Waals surface area (Å²) in [7, 11) is 0. The molecule has 0 bridgehead atoms. The molecule has 0 amide bonds. The van der Waals surface area contributed by atoms with E-state index in [0.717, 1.165) is 22.7 Å². The van der Waals surface area contributed by atoms with Gasteiger partial charge in [0.1, 0.15) is 5.03 Å². The molecule has 0 aliphatic carbocycles. The Balaban J connectivity index is 2.19. The van der Waals surface area contributed by atoms with Gasteiger partial charge in [-0.2, -0.15) is 0 Å². The van der Waals surface area contributed by atoms with Crippen molar-refractivity contribution in [2.24, 2.45) is 5.73 Å². The number of nitrogens with zero attached hydrogens (tertiary/aromatic N) is 1. The van der Waals surface area contributed by atoms with E-state index in [9.17, 15) is 0 Å². The molecule has 1 aromatic carbocycles. The van der Waals surface area contributed by atoms with Gasteiger partial charge in [-0.1, -0.05) is 43.0 Å². The molecule has 1 unspecified atom stereocenters. The van der Waals surface area contributed by atoms with Crippen LogP contribution in [0.5, 0.6) is 0 Å². The van der Waals surface area contributed by atoms with Crippen molar-refractivity contribution in [3.63, 3.8) is 0 Å². The molecule has 2 nitrogen and oxygen atoms in total. The van der Waals surface area contributed by atoms with Crippen LogP contribution in [0.4, 0.5) is 0 Å². The third-order valence-electron chi connectivity index (χ3n) is 2.91. The van der Waals surface area contributed by atoms with Crippen LogP contribution in [0.2, 0.25) is 0 Å². The van der Waals surface area contributed by atoms with Gasteiger partial charge < -0.3 is 5.73 Å². The van der Waals surface area contributed by atoms with Gasteiger partial charge in [-0.05, 0) is 37.1 Å². The number of aromatic nitrogens is 1. The molecule has 0 saturated carbocycles. The van der Waals surface area contributed by atoms with E-state index in [0.29, 0.717) is 0 Å². The lowest BCUT2D eigenvalue weighted by Gasteiger charge is -2.12. The summed E-state index contributed by atoms with van der Waals surface area (Å²) in [5, 5.41) is 1.02. The normalized spacial score (nSPS) is 12.4. The van der Waals surface area contributed by atoms with E-state index in [1.54, 1.807) is 11.8 Å². The number of hydrogen-bond donors (Lipinski definition) is 1. The first-order valence-corrected chi connectivity index (χ1v) is 6.98. The van der Waals surface area contributed by atoms with Crippen molar-refractivity contribution < 1.29 is 0 Å². The molecular formula is C15H18N2S. The van der Waals surface area contributed by atoms with Crippen LogP contribution in [0.1, 0.15) is 30.6 Å². The molecule has 0 spiro atoms. The zero-order valence-corrected chi connectivity index (χ0v) is 11.6. The quantitative estimate of drug-likeness (QED) is 0.902. The zero-order valence-electron chi connectivity index (χ0n) is 10.8. The van der Waals surface area contributed by atoms with Gasteiger partial charge in [-0.15, -0.1) is 0 Å². The number of pyridine rings is 1. The smallest absolute Gasteiger partial charge is 0.101 e. The molecule has 0 radical (unpaired) electrons. The minimum atomic E-state index is 0.0910. The second-order valence-electron chi connectivity index (χ2n) is 4.25. The van der Waals surface area contributed by atoms with Gasteiger partial charge in [0.15, 0.2) is 0 Å². The Morgan fingerprint density at radius 2 is 1.89 bits per heavy atom. The van der Waals surface area contributed by atoms with Crippen molar-refractivity contribution in [3.05, 3.63) is 53.7 Å². The van der Waals surface area contributed by atoms with E-state index >= 15 is 0 Å². The first-order valence-electron chi connectivity index (χ1n) is 6.16. The number of aryl methyl sites for hydroxylation is 1. The summed E-state index contributed by atoms with van der Waals surface area (Å²) in [5.41, 5.74) is 8.23. The van der Waals surface area contributed by atoms with E-state index in [2.05, 4.69) is 36.2 Å². The van der Waals surface area contributed by atoms with Gasteiger partial charge in [-0.25, -0.2) is 4.98 Å². The van der Waals surface area contributed by atoms with Crippen LogP contribution in [0, 0.1) is 6.92 Å². The highest BCUT2D eigenvalue weighted by Gasteiger charge is 2.09. The fourth-order valence-electron chi connectivity index (χ4n) is 1.83. The average Bonchev–Trinajstić information content (AvgIpc) is 2.39. The Kier molecular flexibility index (Phi) is 4.39. The van der Waals surface area contributed by atoms with Crippen molar-refractivity contribution in [2.45, 2.75) is 36.2 Å². The maximum absolute atomic E-state index is 6.05. The van der Waals surface area contributed by atoms with Crippen molar-refractivity contribution >= 4 is 11.8 Å². The van der Waals surface area contributed by atoms with E-state index in [1.165, 1.54) is 4.90 Å². The molecule has 1 heterocycles. The molecule has 94 valence electrons. The van der Waals surface area contributed by atoms with Crippen LogP contribution in [0.15, 0.2) is 52.4 Å². The highest BCUT2D eigenvalue weighted by atomic mass is 32.2. The summed E-state index contributed by atoms with van der Waals surface area (Å²) < 4.78 is 0. The molecule has 3 heteroatoms. The van der Waals surface area contributed by atoms with Gasteiger partial charge in [0.05, 0.1) is 0 Å². The minimum absolute atomic E-state index is 0.0910. The highest BCUT2D eigenvalue weighted by molar-refractivity contribution is 7.99. The minimum Gasteiger partial charge on any atom is -0.324 e. The van der Waals surface area contributed by atoms with Crippen molar-refractivity contribution in [2.75, 3.05) is 0 Å².